The first-order valence-electron chi connectivity index (χ1n) is 12.1. The van der Waals surface area contributed by atoms with E-state index < -0.39 is 12.1 Å². The van der Waals surface area contributed by atoms with Crippen molar-refractivity contribution in [1.29, 1.82) is 0 Å². The van der Waals surface area contributed by atoms with Crippen molar-refractivity contribution < 1.29 is 28.6 Å². The van der Waals surface area contributed by atoms with Gasteiger partial charge in [-0.15, -0.1) is 0 Å². The molecule has 6 heteroatoms. The van der Waals surface area contributed by atoms with Crippen molar-refractivity contribution in [2.24, 2.45) is 11.8 Å². The topological polar surface area (TPSA) is 78.9 Å². The number of hydrogen-bond acceptors (Lipinski definition) is 6. The lowest BCUT2D eigenvalue weighted by Gasteiger charge is -2.22. The summed E-state index contributed by atoms with van der Waals surface area (Å²) in [5.41, 5.74) is 0.412. The van der Waals surface area contributed by atoms with Crippen LogP contribution in [0, 0.1) is 11.8 Å². The van der Waals surface area contributed by atoms with Crippen molar-refractivity contribution in [2.45, 2.75) is 85.2 Å². The summed E-state index contributed by atoms with van der Waals surface area (Å²) in [7, 11) is 0. The van der Waals surface area contributed by atoms with Crippen molar-refractivity contribution in [3.05, 3.63) is 35.9 Å². The van der Waals surface area contributed by atoms with Gasteiger partial charge in [-0.3, -0.25) is 9.59 Å². The van der Waals surface area contributed by atoms with E-state index in [1.54, 1.807) is 24.3 Å². The summed E-state index contributed by atoms with van der Waals surface area (Å²) in [5.74, 6) is -1.53. The standard InChI is InChI=1S/C26H40O6/c1-5-9-14-20(7-3)24(27)30-18-23(32-26(29)21(8-4)15-10-6-2)19-31-25(28)22-16-12-11-13-17-22/h11-13,16-17,20-21,23H,5-10,14-15,18-19H2,1-4H3. The third-order valence-electron chi connectivity index (χ3n) is 5.57. The van der Waals surface area contributed by atoms with Gasteiger partial charge in [0.15, 0.2) is 6.10 Å². The molecule has 32 heavy (non-hydrogen) atoms. The highest BCUT2D eigenvalue weighted by Crippen LogP contribution is 2.18. The van der Waals surface area contributed by atoms with Crippen LogP contribution in [0.1, 0.15) is 89.4 Å². The summed E-state index contributed by atoms with van der Waals surface area (Å²) in [6, 6.07) is 8.61. The Bertz CT molecular complexity index is 672. The summed E-state index contributed by atoms with van der Waals surface area (Å²) < 4.78 is 16.5. The molecular weight excluding hydrogens is 408 g/mol. The first-order valence-corrected chi connectivity index (χ1v) is 12.1. The monoisotopic (exact) mass is 448 g/mol. The number of benzene rings is 1. The third-order valence-corrected chi connectivity index (χ3v) is 5.57. The molecule has 1 aromatic rings. The molecule has 0 aliphatic rings. The van der Waals surface area contributed by atoms with Gasteiger partial charge in [-0.25, -0.2) is 4.79 Å². The summed E-state index contributed by atoms with van der Waals surface area (Å²) in [6.07, 6.45) is 5.95. The number of hydrogen-bond donors (Lipinski definition) is 0. The minimum absolute atomic E-state index is 0.126. The Balaban J connectivity index is 2.76. The quantitative estimate of drug-likeness (QED) is 0.237. The molecule has 0 saturated carbocycles. The maximum Gasteiger partial charge on any atom is 0.338 e. The predicted molar refractivity (Wildman–Crippen MR) is 124 cm³/mol. The van der Waals surface area contributed by atoms with Gasteiger partial charge in [0, 0.05) is 0 Å². The van der Waals surface area contributed by atoms with Crippen LogP contribution < -0.4 is 0 Å². The molecular formula is C26H40O6. The van der Waals surface area contributed by atoms with Crippen molar-refractivity contribution >= 4 is 17.9 Å². The van der Waals surface area contributed by atoms with Gasteiger partial charge in [0.05, 0.1) is 17.4 Å². The van der Waals surface area contributed by atoms with Crippen molar-refractivity contribution in [1.82, 2.24) is 0 Å². The van der Waals surface area contributed by atoms with E-state index in [0.717, 1.165) is 38.5 Å². The number of unbranched alkanes of at least 4 members (excludes halogenated alkanes) is 2. The first-order chi connectivity index (χ1) is 15.5. The zero-order chi connectivity index (χ0) is 23.8. The zero-order valence-corrected chi connectivity index (χ0v) is 20.1. The molecule has 0 fully saturated rings. The number of carbonyl (C=O) groups excluding carboxylic acids is 3. The fourth-order valence-electron chi connectivity index (χ4n) is 3.37. The predicted octanol–water partition coefficient (Wildman–Crippen LogP) is 5.73. The van der Waals surface area contributed by atoms with Crippen LogP contribution in [-0.2, 0) is 23.8 Å². The summed E-state index contributed by atoms with van der Waals surface area (Å²) in [6.45, 7) is 7.78. The molecule has 180 valence electrons. The van der Waals surface area contributed by atoms with Gasteiger partial charge in [0.1, 0.15) is 13.2 Å². The molecule has 1 aromatic carbocycles. The van der Waals surface area contributed by atoms with Crippen molar-refractivity contribution in [3.8, 4) is 0 Å². The average Bonchev–Trinajstić information content (AvgIpc) is 2.82. The maximum absolute atomic E-state index is 12.7. The lowest BCUT2D eigenvalue weighted by molar-refractivity contribution is -0.167. The highest BCUT2D eigenvalue weighted by atomic mass is 16.6. The molecule has 0 aliphatic heterocycles. The Morgan fingerprint density at radius 1 is 0.750 bits per heavy atom. The molecule has 3 unspecified atom stereocenters. The number of esters is 3. The smallest absolute Gasteiger partial charge is 0.338 e. The summed E-state index contributed by atoms with van der Waals surface area (Å²) in [5, 5.41) is 0. The lowest BCUT2D eigenvalue weighted by Crippen LogP contribution is -2.34. The minimum Gasteiger partial charge on any atom is -0.461 e. The van der Waals surface area contributed by atoms with Gasteiger partial charge in [-0.1, -0.05) is 71.6 Å². The molecule has 0 aliphatic carbocycles. The maximum atomic E-state index is 12.7. The second kappa shape index (κ2) is 16.3. The number of ether oxygens (including phenoxy) is 3. The van der Waals surface area contributed by atoms with Crippen LogP contribution in [0.5, 0.6) is 0 Å². The molecule has 0 amide bonds. The lowest BCUT2D eigenvalue weighted by atomic mass is 9.99. The van der Waals surface area contributed by atoms with Crippen LogP contribution in [0.3, 0.4) is 0 Å². The first kappa shape index (κ1) is 27.7. The number of rotatable bonds is 16. The van der Waals surface area contributed by atoms with Gasteiger partial charge >= 0.3 is 17.9 Å². The van der Waals surface area contributed by atoms with E-state index in [9.17, 15) is 14.4 Å². The van der Waals surface area contributed by atoms with E-state index in [1.807, 2.05) is 19.9 Å². The molecule has 6 nitrogen and oxygen atoms in total. The van der Waals surface area contributed by atoms with Crippen LogP contribution >= 0.6 is 0 Å². The molecule has 0 N–H and O–H groups in total. The Morgan fingerprint density at radius 3 is 1.81 bits per heavy atom. The Labute approximate surface area is 193 Å². The Morgan fingerprint density at radius 2 is 1.28 bits per heavy atom. The van der Waals surface area contributed by atoms with Gasteiger partial charge in [-0.2, -0.15) is 0 Å². The molecule has 0 bridgehead atoms. The second-order valence-electron chi connectivity index (χ2n) is 8.15. The van der Waals surface area contributed by atoms with E-state index in [0.29, 0.717) is 18.4 Å². The molecule has 1 rings (SSSR count). The fraction of sp³-hybridized carbons (Fsp3) is 0.654. The molecule has 0 spiro atoms. The van der Waals surface area contributed by atoms with Crippen LogP contribution in [0.25, 0.3) is 0 Å². The fourth-order valence-corrected chi connectivity index (χ4v) is 3.37. The van der Waals surface area contributed by atoms with E-state index in [2.05, 4.69) is 13.8 Å². The van der Waals surface area contributed by atoms with E-state index in [1.165, 1.54) is 0 Å². The van der Waals surface area contributed by atoms with Crippen LogP contribution in [0.2, 0.25) is 0 Å². The van der Waals surface area contributed by atoms with Crippen LogP contribution in [-0.4, -0.2) is 37.2 Å². The van der Waals surface area contributed by atoms with Gasteiger partial charge in [0.2, 0.25) is 0 Å². The second-order valence-corrected chi connectivity index (χ2v) is 8.15. The SMILES string of the molecule is CCCCC(CC)C(=O)OCC(COC(=O)c1ccccc1)OC(=O)C(CC)CCCC. The molecule has 0 aromatic heterocycles. The van der Waals surface area contributed by atoms with Gasteiger partial charge in [0.25, 0.3) is 0 Å². The van der Waals surface area contributed by atoms with Crippen LogP contribution in [0.4, 0.5) is 0 Å². The third kappa shape index (κ3) is 10.3. The van der Waals surface area contributed by atoms with Crippen molar-refractivity contribution in [3.63, 3.8) is 0 Å². The zero-order valence-electron chi connectivity index (χ0n) is 20.1. The molecule has 0 saturated heterocycles. The minimum atomic E-state index is -0.835. The molecule has 3 atom stereocenters. The molecule has 0 radical (unpaired) electrons. The van der Waals surface area contributed by atoms with Gasteiger partial charge < -0.3 is 14.2 Å². The normalized spacial score (nSPS) is 13.6. The summed E-state index contributed by atoms with van der Waals surface area (Å²) >= 11 is 0. The average molecular weight is 449 g/mol. The van der Waals surface area contributed by atoms with Gasteiger partial charge in [-0.05, 0) is 37.8 Å². The van der Waals surface area contributed by atoms with E-state index in [-0.39, 0.29) is 37.0 Å². The Kier molecular flexibility index (Phi) is 14.1. The highest BCUT2D eigenvalue weighted by Gasteiger charge is 2.26. The highest BCUT2D eigenvalue weighted by molar-refractivity contribution is 5.89. The van der Waals surface area contributed by atoms with Crippen molar-refractivity contribution in [2.75, 3.05) is 13.2 Å². The van der Waals surface area contributed by atoms with Crippen LogP contribution in [0.15, 0.2) is 30.3 Å². The number of carbonyl (C=O) groups is 3. The molecule has 0 heterocycles. The Hall–Kier alpha value is -2.37. The summed E-state index contributed by atoms with van der Waals surface area (Å²) in [4.78, 5) is 37.5. The van der Waals surface area contributed by atoms with E-state index >= 15 is 0 Å². The largest absolute Gasteiger partial charge is 0.461 e. The van der Waals surface area contributed by atoms with E-state index in [4.69, 9.17) is 14.2 Å².